The summed E-state index contributed by atoms with van der Waals surface area (Å²) < 4.78 is 6.07. The van der Waals surface area contributed by atoms with Crippen LogP contribution in [0.1, 0.15) is 17.0 Å². The van der Waals surface area contributed by atoms with Gasteiger partial charge in [0.25, 0.3) is 0 Å². The molecule has 5 heteroatoms. The fourth-order valence-corrected chi connectivity index (χ4v) is 3.83. The molecule has 1 aliphatic heterocycles. The van der Waals surface area contributed by atoms with Gasteiger partial charge in [-0.05, 0) is 16.5 Å². The third kappa shape index (κ3) is 2.86. The van der Waals surface area contributed by atoms with Gasteiger partial charge in [0.05, 0.1) is 5.69 Å². The number of rotatable bonds is 4. The minimum atomic E-state index is -0.969. The maximum atomic E-state index is 11.7. The van der Waals surface area contributed by atoms with E-state index in [4.69, 9.17) is 16.3 Å². The molecule has 1 aliphatic rings. The largest absolute Gasteiger partial charge is 0.488 e. The van der Waals surface area contributed by atoms with E-state index in [-0.39, 0.29) is 5.92 Å². The smallest absolute Gasteiger partial charge is 0.411 e. The first-order valence-corrected chi connectivity index (χ1v) is 9.01. The fourth-order valence-electron chi connectivity index (χ4n) is 3.57. The molecule has 0 saturated heterocycles. The van der Waals surface area contributed by atoms with Crippen LogP contribution in [0.5, 0.6) is 5.75 Å². The lowest BCUT2D eigenvalue weighted by molar-refractivity contribution is 0.202. The lowest BCUT2D eigenvalue weighted by Crippen LogP contribution is -2.28. The van der Waals surface area contributed by atoms with Crippen LogP contribution >= 0.6 is 11.6 Å². The van der Waals surface area contributed by atoms with Crippen molar-refractivity contribution in [2.24, 2.45) is 0 Å². The molecular formula is C21H18ClNO3. The van der Waals surface area contributed by atoms with Gasteiger partial charge in [0.1, 0.15) is 12.4 Å². The number of carboxylic acid groups (broad SMARTS) is 1. The molecule has 0 aromatic heterocycles. The van der Waals surface area contributed by atoms with Gasteiger partial charge in [-0.25, -0.2) is 4.79 Å². The maximum Gasteiger partial charge on any atom is 0.411 e. The number of benzene rings is 3. The molecule has 0 spiro atoms. The van der Waals surface area contributed by atoms with Crippen LogP contribution < -0.4 is 9.64 Å². The van der Waals surface area contributed by atoms with Crippen molar-refractivity contribution in [2.75, 3.05) is 17.3 Å². The predicted octanol–water partition coefficient (Wildman–Crippen LogP) is 5.24. The summed E-state index contributed by atoms with van der Waals surface area (Å²) in [7, 11) is 0. The third-order valence-corrected chi connectivity index (χ3v) is 5.16. The van der Waals surface area contributed by atoms with Crippen LogP contribution in [0, 0.1) is 0 Å². The molecule has 1 unspecified atom stereocenters. The van der Waals surface area contributed by atoms with Gasteiger partial charge in [-0.1, -0.05) is 54.6 Å². The maximum absolute atomic E-state index is 11.7. The van der Waals surface area contributed by atoms with E-state index in [0.29, 0.717) is 30.5 Å². The summed E-state index contributed by atoms with van der Waals surface area (Å²) in [6.45, 7) is 0.802. The molecule has 0 fully saturated rings. The Morgan fingerprint density at radius 1 is 1.12 bits per heavy atom. The average molecular weight is 368 g/mol. The van der Waals surface area contributed by atoms with Gasteiger partial charge in [-0.3, -0.25) is 4.90 Å². The van der Waals surface area contributed by atoms with E-state index in [1.54, 1.807) is 0 Å². The standard InChI is InChI=1S/C21H18ClNO3/c22-11-15-12-23(21(24)25)18-10-19(26-13-14-6-2-1-3-7-14)16-8-4-5-9-17(16)20(15)18/h1-10,15H,11-13H2,(H,24,25). The number of amides is 1. The first-order valence-electron chi connectivity index (χ1n) is 8.48. The van der Waals surface area contributed by atoms with Crippen molar-refractivity contribution in [3.63, 3.8) is 0 Å². The van der Waals surface area contributed by atoms with Crippen molar-refractivity contribution >= 4 is 34.2 Å². The number of hydrogen-bond donors (Lipinski definition) is 1. The highest BCUT2D eigenvalue weighted by Crippen LogP contribution is 2.45. The molecule has 1 heterocycles. The molecule has 3 aromatic carbocycles. The number of anilines is 1. The van der Waals surface area contributed by atoms with Crippen LogP contribution in [0.2, 0.25) is 0 Å². The molecule has 1 atom stereocenters. The number of nitrogens with zero attached hydrogens (tertiary/aromatic N) is 1. The van der Waals surface area contributed by atoms with Crippen molar-refractivity contribution < 1.29 is 14.6 Å². The van der Waals surface area contributed by atoms with Gasteiger partial charge in [0, 0.05) is 29.8 Å². The number of ether oxygens (including phenoxy) is 1. The zero-order chi connectivity index (χ0) is 18.1. The summed E-state index contributed by atoms with van der Waals surface area (Å²) in [5, 5.41) is 11.6. The molecule has 132 valence electrons. The second-order valence-electron chi connectivity index (χ2n) is 6.37. The monoisotopic (exact) mass is 367 g/mol. The van der Waals surface area contributed by atoms with Crippen LogP contribution in [-0.4, -0.2) is 23.6 Å². The number of fused-ring (bicyclic) bond motifs is 3. The van der Waals surface area contributed by atoms with Gasteiger partial charge in [0.15, 0.2) is 0 Å². The Hall–Kier alpha value is -2.72. The summed E-state index contributed by atoms with van der Waals surface area (Å²) in [5.74, 6) is 1.05. The Bertz CT molecular complexity index is 958. The topological polar surface area (TPSA) is 49.8 Å². The minimum absolute atomic E-state index is 0.0177. The van der Waals surface area contributed by atoms with Gasteiger partial charge in [0.2, 0.25) is 0 Å². The molecule has 0 saturated carbocycles. The SMILES string of the molecule is O=C(O)N1CC(CCl)c2c1cc(OCc1ccccc1)c1ccccc21. The van der Waals surface area contributed by atoms with E-state index < -0.39 is 6.09 Å². The molecule has 4 rings (SSSR count). The normalized spacial score (nSPS) is 15.9. The van der Waals surface area contributed by atoms with E-state index in [9.17, 15) is 9.90 Å². The summed E-state index contributed by atoms with van der Waals surface area (Å²) in [4.78, 5) is 13.1. The molecule has 1 amide bonds. The third-order valence-electron chi connectivity index (χ3n) is 4.78. The summed E-state index contributed by atoms with van der Waals surface area (Å²) in [5.41, 5.74) is 2.72. The van der Waals surface area contributed by atoms with Crippen molar-refractivity contribution in [3.05, 3.63) is 71.8 Å². The summed E-state index contributed by atoms with van der Waals surface area (Å²) >= 11 is 6.14. The molecule has 3 aromatic rings. The number of hydrogen-bond acceptors (Lipinski definition) is 2. The van der Waals surface area contributed by atoms with E-state index in [1.165, 1.54) is 4.90 Å². The quantitative estimate of drug-likeness (QED) is 0.641. The van der Waals surface area contributed by atoms with Crippen LogP contribution in [-0.2, 0) is 6.61 Å². The Morgan fingerprint density at radius 3 is 2.50 bits per heavy atom. The Morgan fingerprint density at radius 2 is 1.81 bits per heavy atom. The molecular weight excluding hydrogens is 350 g/mol. The lowest BCUT2D eigenvalue weighted by atomic mass is 9.95. The zero-order valence-electron chi connectivity index (χ0n) is 14.1. The molecule has 0 aliphatic carbocycles. The van der Waals surface area contributed by atoms with Crippen molar-refractivity contribution in [1.29, 1.82) is 0 Å². The zero-order valence-corrected chi connectivity index (χ0v) is 14.8. The number of carbonyl (C=O) groups is 1. The molecule has 0 radical (unpaired) electrons. The highest BCUT2D eigenvalue weighted by Gasteiger charge is 2.34. The number of halogens is 1. The Kier molecular flexibility index (Phi) is 4.43. The van der Waals surface area contributed by atoms with Crippen LogP contribution in [0.25, 0.3) is 10.8 Å². The van der Waals surface area contributed by atoms with Gasteiger partial charge in [-0.15, -0.1) is 11.6 Å². The fraction of sp³-hybridized carbons (Fsp3) is 0.190. The molecule has 26 heavy (non-hydrogen) atoms. The second kappa shape index (κ2) is 6.89. The van der Waals surface area contributed by atoms with Crippen LogP contribution in [0.15, 0.2) is 60.7 Å². The van der Waals surface area contributed by atoms with Crippen LogP contribution in [0.3, 0.4) is 0 Å². The van der Waals surface area contributed by atoms with E-state index in [0.717, 1.165) is 21.9 Å². The van der Waals surface area contributed by atoms with Gasteiger partial charge in [-0.2, -0.15) is 0 Å². The highest BCUT2D eigenvalue weighted by atomic mass is 35.5. The van der Waals surface area contributed by atoms with Crippen molar-refractivity contribution in [2.45, 2.75) is 12.5 Å². The Balaban J connectivity index is 1.81. The van der Waals surface area contributed by atoms with Gasteiger partial charge < -0.3 is 9.84 Å². The highest BCUT2D eigenvalue weighted by molar-refractivity contribution is 6.19. The minimum Gasteiger partial charge on any atom is -0.488 e. The lowest BCUT2D eigenvalue weighted by Gasteiger charge is -2.17. The second-order valence-corrected chi connectivity index (χ2v) is 6.68. The molecule has 4 nitrogen and oxygen atoms in total. The van der Waals surface area contributed by atoms with E-state index in [2.05, 4.69) is 0 Å². The first-order chi connectivity index (χ1) is 12.7. The predicted molar refractivity (Wildman–Crippen MR) is 104 cm³/mol. The number of alkyl halides is 1. The summed E-state index contributed by atoms with van der Waals surface area (Å²) in [6, 6.07) is 19.7. The van der Waals surface area contributed by atoms with Crippen molar-refractivity contribution in [3.8, 4) is 5.75 Å². The average Bonchev–Trinajstić information content (AvgIpc) is 3.06. The first kappa shape index (κ1) is 16.7. The summed E-state index contributed by atoms with van der Waals surface area (Å²) in [6.07, 6.45) is -0.969. The molecule has 1 N–H and O–H groups in total. The van der Waals surface area contributed by atoms with E-state index >= 15 is 0 Å². The van der Waals surface area contributed by atoms with Gasteiger partial charge >= 0.3 is 6.09 Å². The Labute approximate surface area is 156 Å². The van der Waals surface area contributed by atoms with E-state index in [1.807, 2.05) is 60.7 Å². The molecule has 0 bridgehead atoms. The van der Waals surface area contributed by atoms with Crippen molar-refractivity contribution in [1.82, 2.24) is 0 Å². The van der Waals surface area contributed by atoms with Crippen LogP contribution in [0.4, 0.5) is 10.5 Å².